The van der Waals surface area contributed by atoms with Crippen molar-refractivity contribution in [3.63, 3.8) is 0 Å². The zero-order valence-electron chi connectivity index (χ0n) is 14.7. The lowest BCUT2D eigenvalue weighted by Gasteiger charge is -2.14. The fourth-order valence-corrected chi connectivity index (χ4v) is 3.31. The van der Waals surface area contributed by atoms with Crippen molar-refractivity contribution in [1.29, 1.82) is 0 Å². The molecule has 0 amide bonds. The Morgan fingerprint density at radius 1 is 1.31 bits per heavy atom. The first-order chi connectivity index (χ1) is 12.6. The summed E-state index contributed by atoms with van der Waals surface area (Å²) in [6, 6.07) is 3.53. The molecule has 0 saturated heterocycles. The summed E-state index contributed by atoms with van der Waals surface area (Å²) in [5.74, 6) is 0.244. The van der Waals surface area contributed by atoms with Crippen molar-refractivity contribution in [2.45, 2.75) is 25.9 Å². The van der Waals surface area contributed by atoms with Gasteiger partial charge in [0.2, 0.25) is 0 Å². The number of hydrogen-bond acceptors (Lipinski definition) is 7. The highest BCUT2D eigenvalue weighted by Crippen LogP contribution is 2.31. The first-order valence-electron chi connectivity index (χ1n) is 8.21. The molecule has 3 aromatic rings. The summed E-state index contributed by atoms with van der Waals surface area (Å²) < 4.78 is 5.19. The van der Waals surface area contributed by atoms with E-state index in [0.29, 0.717) is 27.6 Å². The summed E-state index contributed by atoms with van der Waals surface area (Å²) in [5, 5.41) is 0.755. The molecular weight excluding hydrogens is 352 g/mol. The number of nitrogens with zero attached hydrogens (tertiary/aromatic N) is 3. The van der Waals surface area contributed by atoms with Crippen LogP contribution in [-0.2, 0) is 4.74 Å². The van der Waals surface area contributed by atoms with E-state index in [9.17, 15) is 9.59 Å². The molecule has 26 heavy (non-hydrogen) atoms. The molecule has 8 heteroatoms. The van der Waals surface area contributed by atoms with Gasteiger partial charge in [-0.3, -0.25) is 9.78 Å². The van der Waals surface area contributed by atoms with Crippen molar-refractivity contribution in [2.24, 2.45) is 0 Å². The molecule has 0 spiro atoms. The molecule has 3 rings (SSSR count). The molecule has 1 N–H and O–H groups in total. The quantitative estimate of drug-likeness (QED) is 0.419. The van der Waals surface area contributed by atoms with Gasteiger partial charge in [0.1, 0.15) is 0 Å². The van der Waals surface area contributed by atoms with Gasteiger partial charge in [-0.05, 0) is 25.7 Å². The van der Waals surface area contributed by atoms with Crippen LogP contribution in [0.5, 0.6) is 0 Å². The number of carbonyl (C=O) groups is 1. The van der Waals surface area contributed by atoms with Crippen molar-refractivity contribution >= 4 is 28.8 Å². The molecular formula is C18H18N4O3S. The highest BCUT2D eigenvalue weighted by molar-refractivity contribution is 7.99. The van der Waals surface area contributed by atoms with Gasteiger partial charge in [-0.1, -0.05) is 24.8 Å². The number of aromatic amines is 1. The smallest absolute Gasteiger partial charge is 0.340 e. The lowest BCUT2D eigenvalue weighted by molar-refractivity contribution is 0.0526. The van der Waals surface area contributed by atoms with Crippen LogP contribution in [0.25, 0.3) is 22.2 Å². The van der Waals surface area contributed by atoms with E-state index >= 15 is 0 Å². The normalized spacial score (nSPS) is 10.9. The molecule has 0 aromatic carbocycles. The highest BCUT2D eigenvalue weighted by Gasteiger charge is 2.24. The van der Waals surface area contributed by atoms with Crippen molar-refractivity contribution in [2.75, 3.05) is 12.4 Å². The number of H-pyrrole nitrogens is 1. The molecule has 3 aromatic heterocycles. The Balaban J connectivity index is 2.42. The first kappa shape index (κ1) is 18.1. The monoisotopic (exact) mass is 370 g/mol. The predicted molar refractivity (Wildman–Crippen MR) is 100 cm³/mol. The molecule has 7 nitrogen and oxygen atoms in total. The standard InChI is InChI=1S/C18H18N4O3S/c1-4-25-17(24)12-10(3)20-15-14(13(12)11-7-6-8-19-9-11)16(23)22-18(21-15)26-5-2/h6-9H,4-5H2,1-3H3,(H,20,21,22,23). The van der Waals surface area contributed by atoms with Crippen LogP contribution in [0.15, 0.2) is 34.5 Å². The van der Waals surface area contributed by atoms with E-state index in [-0.39, 0.29) is 23.1 Å². The van der Waals surface area contributed by atoms with Gasteiger partial charge >= 0.3 is 5.97 Å². The highest BCUT2D eigenvalue weighted by atomic mass is 32.2. The van der Waals surface area contributed by atoms with Crippen LogP contribution in [-0.4, -0.2) is 38.3 Å². The SMILES string of the molecule is CCOC(=O)c1c(C)nc2nc(SCC)[nH]c(=O)c2c1-c1cccnc1. The summed E-state index contributed by atoms with van der Waals surface area (Å²) in [5.41, 5.74) is 1.75. The number of aryl methyl sites for hydroxylation is 1. The molecule has 0 bridgehead atoms. The number of ether oxygens (including phenoxy) is 1. The Kier molecular flexibility index (Phi) is 5.32. The van der Waals surface area contributed by atoms with E-state index in [1.165, 1.54) is 11.8 Å². The fraction of sp³-hybridized carbons (Fsp3) is 0.278. The van der Waals surface area contributed by atoms with E-state index in [1.807, 2.05) is 6.92 Å². The number of nitrogens with one attached hydrogen (secondary N) is 1. The van der Waals surface area contributed by atoms with Gasteiger partial charge < -0.3 is 9.72 Å². The number of thioether (sulfide) groups is 1. The zero-order valence-corrected chi connectivity index (χ0v) is 15.5. The first-order valence-corrected chi connectivity index (χ1v) is 9.20. The second-order valence-electron chi connectivity index (χ2n) is 5.41. The van der Waals surface area contributed by atoms with E-state index in [2.05, 4.69) is 19.9 Å². The Labute approximate surface area is 154 Å². The number of fused-ring (bicyclic) bond motifs is 1. The van der Waals surface area contributed by atoms with Crippen molar-refractivity contribution in [1.82, 2.24) is 19.9 Å². The lowest BCUT2D eigenvalue weighted by Crippen LogP contribution is -2.17. The number of rotatable bonds is 5. The van der Waals surface area contributed by atoms with Crippen LogP contribution >= 0.6 is 11.8 Å². The average molecular weight is 370 g/mol. The van der Waals surface area contributed by atoms with E-state index in [1.54, 1.807) is 38.4 Å². The largest absolute Gasteiger partial charge is 0.462 e. The maximum absolute atomic E-state index is 12.8. The third-order valence-electron chi connectivity index (χ3n) is 3.72. The summed E-state index contributed by atoms with van der Waals surface area (Å²) in [6.45, 7) is 5.64. The van der Waals surface area contributed by atoms with E-state index in [4.69, 9.17) is 4.74 Å². The Morgan fingerprint density at radius 3 is 2.77 bits per heavy atom. The molecule has 0 aliphatic rings. The van der Waals surface area contributed by atoms with Gasteiger partial charge in [-0.2, -0.15) is 0 Å². The third-order valence-corrected chi connectivity index (χ3v) is 4.48. The summed E-state index contributed by atoms with van der Waals surface area (Å²) >= 11 is 1.42. The average Bonchev–Trinajstić information content (AvgIpc) is 2.61. The van der Waals surface area contributed by atoms with Gasteiger partial charge in [0.25, 0.3) is 5.56 Å². The molecule has 3 heterocycles. The second kappa shape index (κ2) is 7.65. The van der Waals surface area contributed by atoms with Crippen LogP contribution in [0, 0.1) is 6.92 Å². The number of pyridine rings is 2. The number of aromatic nitrogens is 4. The summed E-state index contributed by atoms with van der Waals surface area (Å²) in [7, 11) is 0. The van der Waals surface area contributed by atoms with Crippen LogP contribution in [0.3, 0.4) is 0 Å². The van der Waals surface area contributed by atoms with Gasteiger partial charge in [-0.25, -0.2) is 14.8 Å². The van der Waals surface area contributed by atoms with Crippen LogP contribution in [0.4, 0.5) is 0 Å². The van der Waals surface area contributed by atoms with Crippen molar-refractivity contribution in [3.8, 4) is 11.1 Å². The Morgan fingerprint density at radius 2 is 2.12 bits per heavy atom. The minimum atomic E-state index is -0.523. The van der Waals surface area contributed by atoms with Gasteiger partial charge in [0.05, 0.1) is 23.3 Å². The van der Waals surface area contributed by atoms with Gasteiger partial charge in [0.15, 0.2) is 10.8 Å². The number of hydrogen-bond donors (Lipinski definition) is 1. The zero-order chi connectivity index (χ0) is 18.7. The summed E-state index contributed by atoms with van der Waals surface area (Å²) in [4.78, 5) is 41.1. The molecule has 134 valence electrons. The van der Waals surface area contributed by atoms with E-state index in [0.717, 1.165) is 5.75 Å². The molecule has 0 unspecified atom stereocenters. The van der Waals surface area contributed by atoms with Crippen LogP contribution < -0.4 is 5.56 Å². The number of carbonyl (C=O) groups excluding carboxylic acids is 1. The molecule has 0 aliphatic heterocycles. The Bertz CT molecular complexity index is 1020. The van der Waals surface area contributed by atoms with Crippen LogP contribution in [0.2, 0.25) is 0 Å². The maximum Gasteiger partial charge on any atom is 0.340 e. The Hall–Kier alpha value is -2.74. The van der Waals surface area contributed by atoms with Gasteiger partial charge in [-0.15, -0.1) is 0 Å². The minimum absolute atomic E-state index is 0.226. The molecule has 0 radical (unpaired) electrons. The second-order valence-corrected chi connectivity index (χ2v) is 6.66. The van der Waals surface area contributed by atoms with Gasteiger partial charge in [0, 0.05) is 23.5 Å². The maximum atomic E-state index is 12.8. The molecule has 0 saturated carbocycles. The third kappa shape index (κ3) is 3.32. The molecule has 0 atom stereocenters. The van der Waals surface area contributed by atoms with E-state index < -0.39 is 5.97 Å². The fourth-order valence-electron chi connectivity index (χ4n) is 2.73. The summed E-state index contributed by atoms with van der Waals surface area (Å²) in [6.07, 6.45) is 3.23. The van der Waals surface area contributed by atoms with Crippen molar-refractivity contribution < 1.29 is 9.53 Å². The van der Waals surface area contributed by atoms with Crippen LogP contribution in [0.1, 0.15) is 29.9 Å². The lowest BCUT2D eigenvalue weighted by atomic mass is 9.97. The predicted octanol–water partition coefficient (Wildman–Crippen LogP) is 2.98. The van der Waals surface area contributed by atoms with Crippen molar-refractivity contribution in [3.05, 3.63) is 46.1 Å². The topological polar surface area (TPSA) is 97.8 Å². The molecule has 0 fully saturated rings. The minimum Gasteiger partial charge on any atom is -0.462 e. The number of esters is 1. The molecule has 0 aliphatic carbocycles.